The molecule has 35 heavy (non-hydrogen) atoms. The van der Waals surface area contributed by atoms with Crippen molar-refractivity contribution in [2.24, 2.45) is 5.41 Å². The summed E-state index contributed by atoms with van der Waals surface area (Å²) in [7, 11) is 0. The van der Waals surface area contributed by atoms with Crippen molar-refractivity contribution in [2.75, 3.05) is 13.1 Å². The van der Waals surface area contributed by atoms with Gasteiger partial charge in [-0.15, -0.1) is 0 Å². The highest BCUT2D eigenvalue weighted by Gasteiger charge is 2.54. The summed E-state index contributed by atoms with van der Waals surface area (Å²) >= 11 is 12.2. The summed E-state index contributed by atoms with van der Waals surface area (Å²) in [5, 5.41) is 12.7. The van der Waals surface area contributed by atoms with Crippen LogP contribution in [0.3, 0.4) is 0 Å². The van der Waals surface area contributed by atoms with Crippen molar-refractivity contribution in [1.82, 2.24) is 14.8 Å². The van der Waals surface area contributed by atoms with Crippen molar-refractivity contribution < 1.29 is 9.90 Å². The molecular formula is C28H29Cl2N3O2. The number of likely N-dealkylation sites (tertiary alicyclic amines) is 2. The molecule has 3 heterocycles. The van der Waals surface area contributed by atoms with Crippen LogP contribution in [0, 0.1) is 5.41 Å². The molecular weight excluding hydrogens is 481 g/mol. The van der Waals surface area contributed by atoms with Gasteiger partial charge in [0.05, 0.1) is 28.3 Å². The topological polar surface area (TPSA) is 56.7 Å². The molecule has 0 saturated carbocycles. The SMILES string of the molecule is O=C1N(Cc2cccc(Cl)c2)[C@H]([C@H](O)c2ccccc2)CC12CCN(Cc1ccc(Cl)cn1)CC2. The second kappa shape index (κ2) is 10.3. The van der Waals surface area contributed by atoms with Crippen LogP contribution in [0.5, 0.6) is 0 Å². The van der Waals surface area contributed by atoms with E-state index < -0.39 is 11.5 Å². The number of aliphatic hydroxyl groups is 1. The van der Waals surface area contributed by atoms with Gasteiger partial charge in [-0.3, -0.25) is 14.7 Å². The zero-order valence-corrected chi connectivity index (χ0v) is 21.0. The molecule has 5 nitrogen and oxygen atoms in total. The third kappa shape index (κ3) is 5.24. The fourth-order valence-electron chi connectivity index (χ4n) is 5.51. The molecule has 1 aromatic heterocycles. The van der Waals surface area contributed by atoms with Crippen LogP contribution in [0.4, 0.5) is 0 Å². The van der Waals surface area contributed by atoms with Gasteiger partial charge >= 0.3 is 0 Å². The van der Waals surface area contributed by atoms with Crippen molar-refractivity contribution in [3.63, 3.8) is 0 Å². The molecule has 3 aromatic rings. The van der Waals surface area contributed by atoms with Crippen LogP contribution in [-0.2, 0) is 17.9 Å². The lowest BCUT2D eigenvalue weighted by Gasteiger charge is -2.37. The van der Waals surface area contributed by atoms with Crippen molar-refractivity contribution in [3.8, 4) is 0 Å². The minimum absolute atomic E-state index is 0.140. The molecule has 0 aliphatic carbocycles. The molecule has 1 N–H and O–H groups in total. The number of halogens is 2. The highest BCUT2D eigenvalue weighted by molar-refractivity contribution is 6.30. The second-order valence-electron chi connectivity index (χ2n) is 9.71. The van der Waals surface area contributed by atoms with Crippen molar-refractivity contribution in [1.29, 1.82) is 0 Å². The van der Waals surface area contributed by atoms with E-state index in [1.165, 1.54) is 0 Å². The summed E-state index contributed by atoms with van der Waals surface area (Å²) in [6.45, 7) is 2.81. The van der Waals surface area contributed by atoms with Gasteiger partial charge in [0.1, 0.15) is 0 Å². The lowest BCUT2D eigenvalue weighted by Crippen LogP contribution is -2.44. The number of amides is 1. The number of carbonyl (C=O) groups is 1. The molecule has 0 bridgehead atoms. The number of hydrogen-bond acceptors (Lipinski definition) is 4. The van der Waals surface area contributed by atoms with Gasteiger partial charge in [0.2, 0.25) is 5.91 Å². The first kappa shape index (κ1) is 24.3. The normalized spacial score (nSPS) is 20.9. The third-order valence-electron chi connectivity index (χ3n) is 7.45. The van der Waals surface area contributed by atoms with Crippen LogP contribution in [0.15, 0.2) is 72.9 Å². The Kier molecular flexibility index (Phi) is 7.12. The summed E-state index contributed by atoms with van der Waals surface area (Å²) < 4.78 is 0. The Morgan fingerprint density at radius 2 is 1.74 bits per heavy atom. The third-order valence-corrected chi connectivity index (χ3v) is 7.91. The van der Waals surface area contributed by atoms with Crippen LogP contribution in [0.25, 0.3) is 0 Å². The van der Waals surface area contributed by atoms with E-state index in [2.05, 4.69) is 9.88 Å². The van der Waals surface area contributed by atoms with E-state index in [1.807, 2.05) is 71.6 Å². The lowest BCUT2D eigenvalue weighted by molar-refractivity contribution is -0.140. The average molecular weight is 510 g/mol. The second-order valence-corrected chi connectivity index (χ2v) is 10.6. The molecule has 5 rings (SSSR count). The summed E-state index contributed by atoms with van der Waals surface area (Å²) in [6, 6.07) is 20.8. The molecule has 2 aliphatic rings. The number of aliphatic hydroxyl groups excluding tert-OH is 1. The fraction of sp³-hybridized carbons (Fsp3) is 0.357. The van der Waals surface area contributed by atoms with Crippen LogP contribution >= 0.6 is 23.2 Å². The Bertz CT molecular complexity index is 1160. The maximum absolute atomic E-state index is 14.0. The minimum atomic E-state index is -0.741. The van der Waals surface area contributed by atoms with Crippen LogP contribution in [0.1, 0.15) is 42.2 Å². The van der Waals surface area contributed by atoms with Crippen LogP contribution in [0.2, 0.25) is 10.0 Å². The molecule has 0 radical (unpaired) electrons. The number of carbonyl (C=O) groups excluding carboxylic acids is 1. The number of benzene rings is 2. The highest BCUT2D eigenvalue weighted by Crippen LogP contribution is 2.48. The van der Waals surface area contributed by atoms with E-state index in [0.29, 0.717) is 23.0 Å². The van der Waals surface area contributed by atoms with Gasteiger partial charge in [-0.2, -0.15) is 0 Å². The average Bonchev–Trinajstić information content (AvgIpc) is 3.13. The number of nitrogens with zero attached hydrogens (tertiary/aromatic N) is 3. The standard InChI is InChI=1S/C28H29Cl2N3O2/c29-22-8-4-5-20(15-22)18-33-25(26(34)21-6-2-1-3-7-21)16-28(27(33)35)11-13-32(14-12-28)19-24-10-9-23(30)17-31-24/h1-10,15,17,25-26,34H,11-14,16,18-19H2/t25-,26+/m0/s1. The molecule has 2 saturated heterocycles. The van der Waals surface area contributed by atoms with E-state index >= 15 is 0 Å². The molecule has 2 fully saturated rings. The number of hydrogen-bond donors (Lipinski definition) is 1. The van der Waals surface area contributed by atoms with E-state index in [0.717, 1.165) is 49.3 Å². The molecule has 0 unspecified atom stereocenters. The van der Waals surface area contributed by atoms with Crippen molar-refractivity contribution >= 4 is 29.1 Å². The zero-order valence-electron chi connectivity index (χ0n) is 19.5. The Labute approximate surface area is 216 Å². The maximum Gasteiger partial charge on any atom is 0.229 e. The fourth-order valence-corrected chi connectivity index (χ4v) is 5.84. The number of pyridine rings is 1. The van der Waals surface area contributed by atoms with E-state index in [9.17, 15) is 9.90 Å². The van der Waals surface area contributed by atoms with E-state index in [4.69, 9.17) is 23.2 Å². The largest absolute Gasteiger partial charge is 0.386 e. The van der Waals surface area contributed by atoms with Gasteiger partial charge in [-0.1, -0.05) is 65.7 Å². The van der Waals surface area contributed by atoms with Gasteiger partial charge < -0.3 is 10.0 Å². The highest BCUT2D eigenvalue weighted by atomic mass is 35.5. The zero-order chi connectivity index (χ0) is 24.4. The first-order valence-electron chi connectivity index (χ1n) is 12.0. The summed E-state index contributed by atoms with van der Waals surface area (Å²) in [4.78, 5) is 22.6. The van der Waals surface area contributed by atoms with Crippen LogP contribution < -0.4 is 0 Å². The molecule has 1 amide bonds. The van der Waals surface area contributed by atoms with Crippen molar-refractivity contribution in [3.05, 3.63) is 99.8 Å². The van der Waals surface area contributed by atoms with Gasteiger partial charge in [0, 0.05) is 24.3 Å². The molecule has 7 heteroatoms. The Morgan fingerprint density at radius 1 is 0.971 bits per heavy atom. The number of piperidine rings is 1. The van der Waals surface area contributed by atoms with Gasteiger partial charge in [-0.05, 0) is 67.7 Å². The first-order chi connectivity index (χ1) is 16.9. The molecule has 2 aromatic carbocycles. The number of rotatable bonds is 6. The Balaban J connectivity index is 1.35. The lowest BCUT2D eigenvalue weighted by atomic mass is 9.75. The van der Waals surface area contributed by atoms with E-state index in [-0.39, 0.29) is 11.9 Å². The summed E-state index contributed by atoms with van der Waals surface area (Å²) in [6.07, 6.45) is 3.11. The Hall–Kier alpha value is -2.44. The van der Waals surface area contributed by atoms with Gasteiger partial charge in [0.25, 0.3) is 0 Å². The number of aromatic nitrogens is 1. The molecule has 2 atom stereocenters. The molecule has 182 valence electrons. The smallest absolute Gasteiger partial charge is 0.229 e. The van der Waals surface area contributed by atoms with Gasteiger partial charge in [-0.25, -0.2) is 0 Å². The summed E-state index contributed by atoms with van der Waals surface area (Å²) in [5.41, 5.74) is 2.33. The van der Waals surface area contributed by atoms with Crippen molar-refractivity contribution in [2.45, 2.75) is 44.5 Å². The van der Waals surface area contributed by atoms with E-state index in [1.54, 1.807) is 6.20 Å². The predicted octanol–water partition coefficient (Wildman–Crippen LogP) is 5.51. The minimum Gasteiger partial charge on any atom is -0.386 e. The molecule has 2 aliphatic heterocycles. The quantitative estimate of drug-likeness (QED) is 0.476. The first-order valence-corrected chi connectivity index (χ1v) is 12.8. The molecule has 1 spiro atoms. The summed E-state index contributed by atoms with van der Waals surface area (Å²) in [5.74, 6) is 0.140. The monoisotopic (exact) mass is 509 g/mol. The van der Waals surface area contributed by atoms with Crippen LogP contribution in [-0.4, -0.2) is 44.9 Å². The maximum atomic E-state index is 14.0. The predicted molar refractivity (Wildman–Crippen MR) is 138 cm³/mol. The Morgan fingerprint density at radius 3 is 2.43 bits per heavy atom. The van der Waals surface area contributed by atoms with Gasteiger partial charge in [0.15, 0.2) is 0 Å².